The molecule has 3 heterocycles. The molecular formula is C19H16N4O2. The highest BCUT2D eigenvalue weighted by Crippen LogP contribution is 2.22. The number of benzene rings is 1. The lowest BCUT2D eigenvalue weighted by Gasteiger charge is -2.39. The van der Waals surface area contributed by atoms with Gasteiger partial charge in [0.05, 0.1) is 11.7 Å². The van der Waals surface area contributed by atoms with Gasteiger partial charge in [0, 0.05) is 42.7 Å². The van der Waals surface area contributed by atoms with Crippen LogP contribution in [0.15, 0.2) is 71.8 Å². The SMILES string of the molecule is O=C(c1ccncc1)N1CC(n2nc(-c3ccccc3)ccc2=O)C1. The maximum absolute atomic E-state index is 12.4. The maximum Gasteiger partial charge on any atom is 0.267 e. The number of nitrogens with zero attached hydrogens (tertiary/aromatic N) is 4. The lowest BCUT2D eigenvalue weighted by atomic mass is 10.1. The fourth-order valence-corrected chi connectivity index (χ4v) is 2.90. The van der Waals surface area contributed by atoms with E-state index in [-0.39, 0.29) is 17.5 Å². The predicted molar refractivity (Wildman–Crippen MR) is 93.1 cm³/mol. The van der Waals surface area contributed by atoms with Crippen LogP contribution in [-0.2, 0) is 0 Å². The van der Waals surface area contributed by atoms with Crippen molar-refractivity contribution in [1.29, 1.82) is 0 Å². The summed E-state index contributed by atoms with van der Waals surface area (Å²) in [6, 6.07) is 16.3. The van der Waals surface area contributed by atoms with E-state index in [4.69, 9.17) is 0 Å². The molecule has 0 unspecified atom stereocenters. The van der Waals surface area contributed by atoms with Gasteiger partial charge in [0.2, 0.25) is 0 Å². The molecule has 0 atom stereocenters. The summed E-state index contributed by atoms with van der Waals surface area (Å²) in [5.41, 5.74) is 2.16. The lowest BCUT2D eigenvalue weighted by molar-refractivity contribution is 0.0493. The number of aromatic nitrogens is 3. The fourth-order valence-electron chi connectivity index (χ4n) is 2.90. The molecule has 0 bridgehead atoms. The van der Waals surface area contributed by atoms with Crippen molar-refractivity contribution in [3.8, 4) is 11.3 Å². The van der Waals surface area contributed by atoms with Crippen LogP contribution in [0.2, 0.25) is 0 Å². The van der Waals surface area contributed by atoms with Crippen molar-refractivity contribution in [1.82, 2.24) is 19.7 Å². The summed E-state index contributed by atoms with van der Waals surface area (Å²) in [7, 11) is 0. The van der Waals surface area contributed by atoms with Gasteiger partial charge in [-0.1, -0.05) is 30.3 Å². The van der Waals surface area contributed by atoms with Crippen molar-refractivity contribution in [2.45, 2.75) is 6.04 Å². The van der Waals surface area contributed by atoms with E-state index in [0.29, 0.717) is 18.7 Å². The van der Waals surface area contributed by atoms with E-state index in [9.17, 15) is 9.59 Å². The molecule has 1 aliphatic heterocycles. The van der Waals surface area contributed by atoms with E-state index in [0.717, 1.165) is 11.3 Å². The average Bonchev–Trinajstić information content (AvgIpc) is 2.63. The molecule has 6 heteroatoms. The predicted octanol–water partition coefficient (Wildman–Crippen LogP) is 2.00. The molecule has 1 aliphatic rings. The van der Waals surface area contributed by atoms with Crippen molar-refractivity contribution in [3.05, 3.63) is 82.9 Å². The third kappa shape index (κ3) is 2.94. The van der Waals surface area contributed by atoms with Crippen LogP contribution in [0.25, 0.3) is 11.3 Å². The number of hydrogen-bond donors (Lipinski definition) is 0. The largest absolute Gasteiger partial charge is 0.334 e. The van der Waals surface area contributed by atoms with Gasteiger partial charge in [-0.3, -0.25) is 14.6 Å². The average molecular weight is 332 g/mol. The zero-order valence-electron chi connectivity index (χ0n) is 13.4. The second kappa shape index (κ2) is 6.32. The van der Waals surface area contributed by atoms with Crippen LogP contribution in [0, 0.1) is 0 Å². The Morgan fingerprint density at radius 1 is 0.960 bits per heavy atom. The Hall–Kier alpha value is -3.28. The molecule has 25 heavy (non-hydrogen) atoms. The molecule has 4 rings (SSSR count). The van der Waals surface area contributed by atoms with Gasteiger partial charge in [-0.25, -0.2) is 4.68 Å². The van der Waals surface area contributed by atoms with Crippen LogP contribution >= 0.6 is 0 Å². The first kappa shape index (κ1) is 15.3. The highest BCUT2D eigenvalue weighted by Gasteiger charge is 2.33. The minimum atomic E-state index is -0.152. The van der Waals surface area contributed by atoms with E-state index in [1.54, 1.807) is 35.5 Å². The first-order chi connectivity index (χ1) is 12.2. The van der Waals surface area contributed by atoms with Crippen molar-refractivity contribution < 1.29 is 4.79 Å². The standard InChI is InChI=1S/C19H16N4O2/c24-18-7-6-17(14-4-2-1-3-5-14)21-23(18)16-12-22(13-16)19(25)15-8-10-20-11-9-15/h1-11,16H,12-13H2. The van der Waals surface area contributed by atoms with Crippen LogP contribution in [0.4, 0.5) is 0 Å². The first-order valence-corrected chi connectivity index (χ1v) is 8.07. The van der Waals surface area contributed by atoms with E-state index in [1.807, 2.05) is 30.3 Å². The minimum Gasteiger partial charge on any atom is -0.334 e. The van der Waals surface area contributed by atoms with Gasteiger partial charge in [0.15, 0.2) is 0 Å². The Balaban J connectivity index is 1.53. The van der Waals surface area contributed by atoms with E-state index in [2.05, 4.69) is 10.1 Å². The Morgan fingerprint density at radius 2 is 1.68 bits per heavy atom. The molecule has 3 aromatic rings. The first-order valence-electron chi connectivity index (χ1n) is 8.07. The summed E-state index contributed by atoms with van der Waals surface area (Å²) < 4.78 is 1.48. The number of likely N-dealkylation sites (tertiary alicyclic amines) is 1. The third-order valence-electron chi connectivity index (χ3n) is 4.32. The van der Waals surface area contributed by atoms with Gasteiger partial charge >= 0.3 is 0 Å². The normalized spacial score (nSPS) is 14.2. The second-order valence-corrected chi connectivity index (χ2v) is 5.97. The molecule has 0 N–H and O–H groups in total. The zero-order valence-corrected chi connectivity index (χ0v) is 13.4. The van der Waals surface area contributed by atoms with E-state index < -0.39 is 0 Å². The minimum absolute atomic E-state index is 0.0501. The molecule has 1 aromatic carbocycles. The molecule has 1 amide bonds. The Kier molecular flexibility index (Phi) is 3.85. The number of carbonyl (C=O) groups is 1. The van der Waals surface area contributed by atoms with Gasteiger partial charge < -0.3 is 4.90 Å². The Labute approximate surface area is 144 Å². The zero-order chi connectivity index (χ0) is 17.2. The summed E-state index contributed by atoms with van der Waals surface area (Å²) >= 11 is 0. The Morgan fingerprint density at radius 3 is 2.40 bits per heavy atom. The second-order valence-electron chi connectivity index (χ2n) is 5.97. The van der Waals surface area contributed by atoms with Crippen molar-refractivity contribution >= 4 is 5.91 Å². The molecule has 1 saturated heterocycles. The molecular weight excluding hydrogens is 316 g/mol. The number of pyridine rings is 1. The number of carbonyl (C=O) groups excluding carboxylic acids is 1. The van der Waals surface area contributed by atoms with Gasteiger partial charge in [0.1, 0.15) is 0 Å². The van der Waals surface area contributed by atoms with E-state index in [1.165, 1.54) is 10.7 Å². The van der Waals surface area contributed by atoms with Gasteiger partial charge in [-0.05, 0) is 18.2 Å². The summed E-state index contributed by atoms with van der Waals surface area (Å²) in [4.78, 5) is 30.2. The summed E-state index contributed by atoms with van der Waals surface area (Å²) in [6.45, 7) is 0.957. The van der Waals surface area contributed by atoms with Crippen LogP contribution in [0.3, 0.4) is 0 Å². The van der Waals surface area contributed by atoms with Crippen molar-refractivity contribution in [2.24, 2.45) is 0 Å². The van der Waals surface area contributed by atoms with Gasteiger partial charge in [-0.2, -0.15) is 5.10 Å². The molecule has 0 saturated carbocycles. The lowest BCUT2D eigenvalue weighted by Crippen LogP contribution is -2.53. The maximum atomic E-state index is 12.4. The number of amides is 1. The molecule has 124 valence electrons. The van der Waals surface area contributed by atoms with Crippen LogP contribution in [-0.4, -0.2) is 38.7 Å². The molecule has 2 aromatic heterocycles. The smallest absolute Gasteiger partial charge is 0.267 e. The van der Waals surface area contributed by atoms with Gasteiger partial charge in [-0.15, -0.1) is 0 Å². The molecule has 0 radical (unpaired) electrons. The van der Waals surface area contributed by atoms with Crippen LogP contribution in [0.5, 0.6) is 0 Å². The van der Waals surface area contributed by atoms with Crippen molar-refractivity contribution in [3.63, 3.8) is 0 Å². The van der Waals surface area contributed by atoms with Crippen molar-refractivity contribution in [2.75, 3.05) is 13.1 Å². The summed E-state index contributed by atoms with van der Waals surface area (Å²) in [5.74, 6) is -0.0501. The van der Waals surface area contributed by atoms with E-state index >= 15 is 0 Å². The monoisotopic (exact) mass is 332 g/mol. The molecule has 0 aliphatic carbocycles. The molecule has 1 fully saturated rings. The third-order valence-corrected chi connectivity index (χ3v) is 4.32. The summed E-state index contributed by atoms with van der Waals surface area (Å²) in [6.07, 6.45) is 3.19. The van der Waals surface area contributed by atoms with Crippen LogP contribution in [0.1, 0.15) is 16.4 Å². The van der Waals surface area contributed by atoms with Gasteiger partial charge in [0.25, 0.3) is 11.5 Å². The quantitative estimate of drug-likeness (QED) is 0.736. The number of rotatable bonds is 3. The number of hydrogen-bond acceptors (Lipinski definition) is 4. The Bertz CT molecular complexity index is 948. The topological polar surface area (TPSA) is 68.1 Å². The fraction of sp³-hybridized carbons (Fsp3) is 0.158. The highest BCUT2D eigenvalue weighted by molar-refractivity contribution is 5.94. The highest BCUT2D eigenvalue weighted by atomic mass is 16.2. The molecule has 0 spiro atoms. The molecule has 6 nitrogen and oxygen atoms in total. The van der Waals surface area contributed by atoms with Crippen LogP contribution < -0.4 is 5.56 Å². The summed E-state index contributed by atoms with van der Waals surface area (Å²) in [5, 5.41) is 4.49.